The molecule has 3 nitrogen and oxygen atoms in total. The molecular weight excluding hydrogens is 202 g/mol. The molecule has 0 aliphatic carbocycles. The number of aryl methyl sites for hydroxylation is 1. The van der Waals surface area contributed by atoms with Gasteiger partial charge in [0.1, 0.15) is 5.75 Å². The first-order valence-electron chi connectivity index (χ1n) is 5.52. The molecule has 1 aromatic rings. The minimum absolute atomic E-state index is 0.147. The van der Waals surface area contributed by atoms with Gasteiger partial charge in [0.25, 0.3) is 0 Å². The fourth-order valence-corrected chi connectivity index (χ4v) is 1.87. The molecule has 1 rings (SSSR count). The molecular formula is C13H21NO2. The zero-order valence-electron chi connectivity index (χ0n) is 10.5. The minimum Gasteiger partial charge on any atom is -0.496 e. The van der Waals surface area contributed by atoms with Gasteiger partial charge in [-0.05, 0) is 33.4 Å². The second-order valence-corrected chi connectivity index (χ2v) is 4.26. The smallest absolute Gasteiger partial charge is 0.123 e. The summed E-state index contributed by atoms with van der Waals surface area (Å²) in [5.74, 6) is 0.857. The fourth-order valence-electron chi connectivity index (χ4n) is 1.87. The number of hydrogen-bond donors (Lipinski definition) is 2. The molecule has 0 amide bonds. The summed E-state index contributed by atoms with van der Waals surface area (Å²) in [6, 6.07) is 6.10. The van der Waals surface area contributed by atoms with Crippen molar-refractivity contribution in [2.45, 2.75) is 25.8 Å². The molecule has 0 spiro atoms. The predicted octanol–water partition coefficient (Wildman–Crippen LogP) is 1.82. The van der Waals surface area contributed by atoms with Crippen molar-refractivity contribution in [3.05, 3.63) is 29.3 Å². The van der Waals surface area contributed by atoms with Crippen LogP contribution in [0.25, 0.3) is 0 Å². The summed E-state index contributed by atoms with van der Waals surface area (Å²) in [5.41, 5.74) is 2.02. The standard InChI is InChI=1S/C13H21NO2/c1-10-5-6-12(16-4)11(9-10)13(2,14-3)7-8-15/h5-6,9,14-15H,7-8H2,1-4H3. The molecule has 90 valence electrons. The summed E-state index contributed by atoms with van der Waals surface area (Å²) in [5, 5.41) is 12.4. The van der Waals surface area contributed by atoms with Crippen molar-refractivity contribution < 1.29 is 9.84 Å². The molecule has 0 heterocycles. The number of rotatable bonds is 5. The van der Waals surface area contributed by atoms with Crippen molar-refractivity contribution in [2.24, 2.45) is 0 Å². The third-order valence-corrected chi connectivity index (χ3v) is 3.11. The van der Waals surface area contributed by atoms with E-state index < -0.39 is 0 Å². The van der Waals surface area contributed by atoms with Gasteiger partial charge in [0.05, 0.1) is 7.11 Å². The Bertz CT molecular complexity index is 352. The van der Waals surface area contributed by atoms with Gasteiger partial charge in [0.15, 0.2) is 0 Å². The van der Waals surface area contributed by atoms with E-state index in [2.05, 4.69) is 25.2 Å². The number of methoxy groups -OCH3 is 1. The fraction of sp³-hybridized carbons (Fsp3) is 0.538. The number of nitrogens with one attached hydrogen (secondary N) is 1. The Morgan fingerprint density at radius 3 is 2.62 bits per heavy atom. The molecule has 1 atom stereocenters. The Balaban J connectivity index is 3.21. The summed E-state index contributed by atoms with van der Waals surface area (Å²) in [7, 11) is 3.57. The number of aliphatic hydroxyl groups excluding tert-OH is 1. The molecule has 0 bridgehead atoms. The van der Waals surface area contributed by atoms with Crippen molar-refractivity contribution >= 4 is 0 Å². The molecule has 0 aliphatic rings. The van der Waals surface area contributed by atoms with Crippen LogP contribution in [-0.2, 0) is 5.54 Å². The second-order valence-electron chi connectivity index (χ2n) is 4.26. The average Bonchev–Trinajstić information content (AvgIpc) is 2.29. The van der Waals surface area contributed by atoms with E-state index in [1.807, 2.05) is 19.2 Å². The highest BCUT2D eigenvalue weighted by molar-refractivity contribution is 5.41. The first-order valence-corrected chi connectivity index (χ1v) is 5.52. The zero-order valence-corrected chi connectivity index (χ0v) is 10.5. The lowest BCUT2D eigenvalue weighted by Crippen LogP contribution is -2.38. The van der Waals surface area contributed by atoms with Crippen LogP contribution in [0.1, 0.15) is 24.5 Å². The molecule has 1 unspecified atom stereocenters. The molecule has 2 N–H and O–H groups in total. The van der Waals surface area contributed by atoms with Gasteiger partial charge in [0.2, 0.25) is 0 Å². The lowest BCUT2D eigenvalue weighted by Gasteiger charge is -2.31. The van der Waals surface area contributed by atoms with Crippen LogP contribution >= 0.6 is 0 Å². The molecule has 0 saturated carbocycles. The molecule has 0 aromatic heterocycles. The van der Waals surface area contributed by atoms with Gasteiger partial charge < -0.3 is 15.2 Å². The summed E-state index contributed by atoms with van der Waals surface area (Å²) >= 11 is 0. The highest BCUT2D eigenvalue weighted by atomic mass is 16.5. The van der Waals surface area contributed by atoms with E-state index in [1.54, 1.807) is 7.11 Å². The number of benzene rings is 1. The molecule has 0 radical (unpaired) electrons. The van der Waals surface area contributed by atoms with E-state index >= 15 is 0 Å². The van der Waals surface area contributed by atoms with Crippen molar-refractivity contribution in [3.8, 4) is 5.75 Å². The minimum atomic E-state index is -0.258. The van der Waals surface area contributed by atoms with E-state index in [1.165, 1.54) is 5.56 Å². The number of ether oxygens (including phenoxy) is 1. The third-order valence-electron chi connectivity index (χ3n) is 3.11. The van der Waals surface area contributed by atoms with Gasteiger partial charge >= 0.3 is 0 Å². The van der Waals surface area contributed by atoms with Gasteiger partial charge in [-0.3, -0.25) is 0 Å². The van der Waals surface area contributed by atoms with Gasteiger partial charge in [-0.15, -0.1) is 0 Å². The van der Waals surface area contributed by atoms with Crippen molar-refractivity contribution in [1.29, 1.82) is 0 Å². The lowest BCUT2D eigenvalue weighted by atomic mass is 9.87. The van der Waals surface area contributed by atoms with Gasteiger partial charge in [-0.1, -0.05) is 17.7 Å². The first kappa shape index (κ1) is 13.0. The first-order chi connectivity index (χ1) is 7.57. The maximum Gasteiger partial charge on any atom is 0.123 e. The highest BCUT2D eigenvalue weighted by Crippen LogP contribution is 2.32. The summed E-state index contributed by atoms with van der Waals surface area (Å²) in [6.45, 7) is 4.27. The van der Waals surface area contributed by atoms with Crippen molar-refractivity contribution in [3.63, 3.8) is 0 Å². The summed E-state index contributed by atoms with van der Waals surface area (Å²) in [6.07, 6.45) is 0.656. The zero-order chi connectivity index (χ0) is 12.2. The predicted molar refractivity (Wildman–Crippen MR) is 65.8 cm³/mol. The maximum absolute atomic E-state index is 9.15. The molecule has 0 saturated heterocycles. The summed E-state index contributed by atoms with van der Waals surface area (Å²) in [4.78, 5) is 0. The van der Waals surface area contributed by atoms with E-state index in [0.29, 0.717) is 6.42 Å². The largest absolute Gasteiger partial charge is 0.496 e. The van der Waals surface area contributed by atoms with Gasteiger partial charge in [-0.25, -0.2) is 0 Å². The highest BCUT2D eigenvalue weighted by Gasteiger charge is 2.27. The van der Waals surface area contributed by atoms with Crippen molar-refractivity contribution in [2.75, 3.05) is 20.8 Å². The van der Waals surface area contributed by atoms with E-state index in [-0.39, 0.29) is 12.1 Å². The number of aliphatic hydroxyl groups is 1. The van der Waals surface area contributed by atoms with Crippen LogP contribution in [0.4, 0.5) is 0 Å². The normalized spacial score (nSPS) is 14.6. The molecule has 0 fully saturated rings. The molecule has 16 heavy (non-hydrogen) atoms. The summed E-state index contributed by atoms with van der Waals surface area (Å²) < 4.78 is 5.37. The molecule has 0 aliphatic heterocycles. The quantitative estimate of drug-likeness (QED) is 0.800. The maximum atomic E-state index is 9.15. The van der Waals surface area contributed by atoms with E-state index in [0.717, 1.165) is 11.3 Å². The number of hydrogen-bond acceptors (Lipinski definition) is 3. The van der Waals surface area contributed by atoms with Crippen LogP contribution in [0, 0.1) is 6.92 Å². The van der Waals surface area contributed by atoms with Crippen molar-refractivity contribution in [1.82, 2.24) is 5.32 Å². The van der Waals surface area contributed by atoms with Crippen LogP contribution in [0.3, 0.4) is 0 Å². The van der Waals surface area contributed by atoms with E-state index in [9.17, 15) is 0 Å². The lowest BCUT2D eigenvalue weighted by molar-refractivity contribution is 0.224. The Kier molecular flexibility index (Phi) is 4.33. The van der Waals surface area contributed by atoms with Crippen LogP contribution in [-0.4, -0.2) is 25.9 Å². The SMILES string of the molecule is CNC(C)(CCO)c1cc(C)ccc1OC. The van der Waals surface area contributed by atoms with E-state index in [4.69, 9.17) is 9.84 Å². The van der Waals surface area contributed by atoms with Crippen LogP contribution < -0.4 is 10.1 Å². The van der Waals surface area contributed by atoms with Gasteiger partial charge in [-0.2, -0.15) is 0 Å². The van der Waals surface area contributed by atoms with Crippen LogP contribution in [0.2, 0.25) is 0 Å². The monoisotopic (exact) mass is 223 g/mol. The molecule has 1 aromatic carbocycles. The van der Waals surface area contributed by atoms with Gasteiger partial charge in [0, 0.05) is 17.7 Å². The molecule has 3 heteroatoms. The van der Waals surface area contributed by atoms with Crippen LogP contribution in [0.5, 0.6) is 5.75 Å². The Morgan fingerprint density at radius 1 is 1.44 bits per heavy atom. The average molecular weight is 223 g/mol. The third kappa shape index (κ3) is 2.54. The Labute approximate surface area is 97.4 Å². The topological polar surface area (TPSA) is 41.5 Å². The Hall–Kier alpha value is -1.06. The second kappa shape index (κ2) is 5.32. The Morgan fingerprint density at radius 2 is 2.12 bits per heavy atom. The van der Waals surface area contributed by atoms with Crippen LogP contribution in [0.15, 0.2) is 18.2 Å².